The van der Waals surface area contributed by atoms with Crippen molar-refractivity contribution in [2.75, 3.05) is 5.75 Å². The molecule has 2 aromatic heterocycles. The number of thioether (sulfide) groups is 1. The number of benzene rings is 2. The van der Waals surface area contributed by atoms with Crippen molar-refractivity contribution in [3.63, 3.8) is 0 Å². The summed E-state index contributed by atoms with van der Waals surface area (Å²) >= 11 is 1.59. The second-order valence-corrected chi connectivity index (χ2v) is 8.05. The molecule has 0 radical (unpaired) electrons. The van der Waals surface area contributed by atoms with Gasteiger partial charge in [0.25, 0.3) is 0 Å². The number of halogens is 1. The lowest BCUT2D eigenvalue weighted by molar-refractivity contribution is -0.121. The monoisotopic (exact) mass is 423 g/mol. The minimum absolute atomic E-state index is 0.0996. The third-order valence-electron chi connectivity index (χ3n) is 4.76. The van der Waals surface area contributed by atoms with Gasteiger partial charge in [-0.05, 0) is 36.2 Å². The van der Waals surface area contributed by atoms with Crippen molar-refractivity contribution in [1.82, 2.24) is 24.8 Å². The van der Waals surface area contributed by atoms with Crippen molar-refractivity contribution in [2.45, 2.75) is 24.0 Å². The van der Waals surface area contributed by atoms with Crippen LogP contribution in [-0.4, -0.2) is 31.2 Å². The average Bonchev–Trinajstić information content (AvgIpc) is 3.35. The number of carbonyl (C=O) groups excluding carboxylic acids is 1. The van der Waals surface area contributed by atoms with Gasteiger partial charge in [0.2, 0.25) is 5.91 Å². The van der Waals surface area contributed by atoms with E-state index in [1.54, 1.807) is 36.3 Å². The second kappa shape index (κ2) is 9.13. The molecule has 1 amide bonds. The minimum Gasteiger partial charge on any atom is -0.342 e. The molecule has 0 saturated carbocycles. The van der Waals surface area contributed by atoms with Crippen LogP contribution in [0.5, 0.6) is 0 Å². The number of aryl methyl sites for hydroxylation is 1. The highest BCUT2D eigenvalue weighted by Gasteiger charge is 2.21. The van der Waals surface area contributed by atoms with E-state index in [-0.39, 0.29) is 11.7 Å². The first kappa shape index (κ1) is 20.2. The van der Waals surface area contributed by atoms with E-state index in [0.717, 1.165) is 21.9 Å². The molecule has 0 fully saturated rings. The van der Waals surface area contributed by atoms with Gasteiger partial charge in [-0.25, -0.2) is 14.4 Å². The zero-order valence-electron chi connectivity index (χ0n) is 16.5. The first-order chi connectivity index (χ1) is 14.6. The number of imidazole rings is 2. The van der Waals surface area contributed by atoms with Crippen molar-refractivity contribution in [3.05, 3.63) is 78.1 Å². The van der Waals surface area contributed by atoms with Gasteiger partial charge in [-0.1, -0.05) is 36.0 Å². The Balaban J connectivity index is 1.35. The SMILES string of the molecule is Cn1ccnc1C(NC(=O)CCCSc1nc2ccccc2[nH]1)c1cccc(F)c1. The second-order valence-electron chi connectivity index (χ2n) is 6.96. The number of para-hydroxylation sites is 2. The molecule has 0 aliphatic heterocycles. The molecule has 0 saturated heterocycles. The summed E-state index contributed by atoms with van der Waals surface area (Å²) in [5.41, 5.74) is 2.60. The summed E-state index contributed by atoms with van der Waals surface area (Å²) in [5.74, 6) is 0.978. The number of carbonyl (C=O) groups is 1. The van der Waals surface area contributed by atoms with E-state index in [4.69, 9.17) is 0 Å². The van der Waals surface area contributed by atoms with Crippen LogP contribution in [-0.2, 0) is 11.8 Å². The standard InChI is InChI=1S/C22H22FN5OS/c1-28-12-11-24-21(28)20(15-6-4-7-16(23)14-15)27-19(29)10-5-13-30-22-25-17-8-2-3-9-18(17)26-22/h2-4,6-9,11-12,14,20H,5,10,13H2,1H3,(H,25,26)(H,27,29). The maximum atomic E-state index is 13.7. The Morgan fingerprint density at radius 3 is 2.90 bits per heavy atom. The van der Waals surface area contributed by atoms with Crippen LogP contribution in [0.4, 0.5) is 4.39 Å². The molecular weight excluding hydrogens is 401 g/mol. The minimum atomic E-state index is -0.503. The maximum absolute atomic E-state index is 13.7. The molecule has 154 valence electrons. The molecule has 0 aliphatic carbocycles. The van der Waals surface area contributed by atoms with E-state index in [2.05, 4.69) is 20.3 Å². The van der Waals surface area contributed by atoms with Crippen molar-refractivity contribution >= 4 is 28.7 Å². The zero-order valence-corrected chi connectivity index (χ0v) is 17.3. The fourth-order valence-electron chi connectivity index (χ4n) is 3.27. The van der Waals surface area contributed by atoms with E-state index in [1.807, 2.05) is 35.9 Å². The summed E-state index contributed by atoms with van der Waals surface area (Å²) in [7, 11) is 1.85. The van der Waals surface area contributed by atoms with E-state index < -0.39 is 6.04 Å². The van der Waals surface area contributed by atoms with Gasteiger partial charge in [0.1, 0.15) is 17.7 Å². The largest absolute Gasteiger partial charge is 0.342 e. The van der Waals surface area contributed by atoms with Gasteiger partial charge in [0, 0.05) is 31.6 Å². The average molecular weight is 424 g/mol. The number of amides is 1. The quantitative estimate of drug-likeness (QED) is 0.329. The summed E-state index contributed by atoms with van der Waals surface area (Å²) < 4.78 is 15.6. The number of hydrogen-bond acceptors (Lipinski definition) is 4. The Kier molecular flexibility index (Phi) is 6.13. The molecule has 4 aromatic rings. The van der Waals surface area contributed by atoms with Crippen molar-refractivity contribution in [1.29, 1.82) is 0 Å². The van der Waals surface area contributed by atoms with Gasteiger partial charge in [0.15, 0.2) is 5.16 Å². The maximum Gasteiger partial charge on any atom is 0.220 e. The summed E-state index contributed by atoms with van der Waals surface area (Å²) in [6.45, 7) is 0. The fourth-order valence-corrected chi connectivity index (χ4v) is 4.10. The highest BCUT2D eigenvalue weighted by molar-refractivity contribution is 7.99. The van der Waals surface area contributed by atoms with Crippen LogP contribution in [0.25, 0.3) is 11.0 Å². The predicted octanol–water partition coefficient (Wildman–Crippen LogP) is 4.21. The van der Waals surface area contributed by atoms with E-state index >= 15 is 0 Å². The Bertz CT molecular complexity index is 1120. The summed E-state index contributed by atoms with van der Waals surface area (Å²) in [6.07, 6.45) is 4.53. The van der Waals surface area contributed by atoms with Crippen molar-refractivity contribution in [2.24, 2.45) is 7.05 Å². The molecular formula is C22H22FN5OS. The van der Waals surface area contributed by atoms with Crippen LogP contribution in [0, 0.1) is 5.82 Å². The fraction of sp³-hybridized carbons (Fsp3) is 0.227. The normalized spacial score (nSPS) is 12.2. The Morgan fingerprint density at radius 1 is 1.27 bits per heavy atom. The number of nitrogens with zero attached hydrogens (tertiary/aromatic N) is 3. The molecule has 0 spiro atoms. The number of nitrogens with one attached hydrogen (secondary N) is 2. The topological polar surface area (TPSA) is 75.6 Å². The Labute approximate surface area is 177 Å². The molecule has 0 bridgehead atoms. The highest BCUT2D eigenvalue weighted by Crippen LogP contribution is 2.23. The smallest absolute Gasteiger partial charge is 0.220 e. The van der Waals surface area contributed by atoms with Crippen molar-refractivity contribution in [3.8, 4) is 0 Å². The molecule has 8 heteroatoms. The zero-order chi connectivity index (χ0) is 20.9. The van der Waals surface area contributed by atoms with E-state index in [0.29, 0.717) is 24.2 Å². The summed E-state index contributed by atoms with van der Waals surface area (Å²) in [5, 5.41) is 3.85. The van der Waals surface area contributed by atoms with Crippen LogP contribution in [0.1, 0.15) is 30.3 Å². The number of hydrogen-bond donors (Lipinski definition) is 2. The van der Waals surface area contributed by atoms with E-state index in [9.17, 15) is 9.18 Å². The third-order valence-corrected chi connectivity index (χ3v) is 5.72. The molecule has 1 atom stereocenters. The number of rotatable bonds is 8. The first-order valence-corrected chi connectivity index (χ1v) is 10.7. The molecule has 2 N–H and O–H groups in total. The summed E-state index contributed by atoms with van der Waals surface area (Å²) in [4.78, 5) is 24.7. The number of aromatic amines is 1. The van der Waals surface area contributed by atoms with Gasteiger partial charge in [-0.15, -0.1) is 0 Å². The molecule has 4 rings (SSSR count). The van der Waals surface area contributed by atoms with Gasteiger partial charge in [-0.2, -0.15) is 0 Å². The van der Waals surface area contributed by atoms with Crippen molar-refractivity contribution < 1.29 is 9.18 Å². The lowest BCUT2D eigenvalue weighted by atomic mass is 10.1. The van der Waals surface area contributed by atoms with Crippen LogP contribution in [0.15, 0.2) is 66.1 Å². The molecule has 30 heavy (non-hydrogen) atoms. The Hall–Kier alpha value is -3.13. The molecule has 2 heterocycles. The molecule has 6 nitrogen and oxygen atoms in total. The lowest BCUT2D eigenvalue weighted by Gasteiger charge is -2.19. The van der Waals surface area contributed by atoms with Gasteiger partial charge >= 0.3 is 0 Å². The lowest BCUT2D eigenvalue weighted by Crippen LogP contribution is -2.31. The van der Waals surface area contributed by atoms with Crippen LogP contribution < -0.4 is 5.32 Å². The van der Waals surface area contributed by atoms with Gasteiger partial charge in [-0.3, -0.25) is 4.79 Å². The number of aromatic nitrogens is 4. The predicted molar refractivity (Wildman–Crippen MR) is 116 cm³/mol. The van der Waals surface area contributed by atoms with Crippen LogP contribution >= 0.6 is 11.8 Å². The van der Waals surface area contributed by atoms with Gasteiger partial charge in [0.05, 0.1) is 11.0 Å². The third kappa shape index (κ3) is 4.71. The molecule has 1 unspecified atom stereocenters. The Morgan fingerprint density at radius 2 is 2.13 bits per heavy atom. The summed E-state index contributed by atoms with van der Waals surface area (Å²) in [6, 6.07) is 13.6. The highest BCUT2D eigenvalue weighted by atomic mass is 32.2. The molecule has 2 aromatic carbocycles. The van der Waals surface area contributed by atoms with Crippen LogP contribution in [0.2, 0.25) is 0 Å². The van der Waals surface area contributed by atoms with Gasteiger partial charge < -0.3 is 14.9 Å². The van der Waals surface area contributed by atoms with E-state index in [1.165, 1.54) is 12.1 Å². The number of H-pyrrole nitrogens is 1. The first-order valence-electron chi connectivity index (χ1n) is 9.70. The molecule has 0 aliphatic rings. The number of fused-ring (bicyclic) bond motifs is 1. The van der Waals surface area contributed by atoms with Crippen LogP contribution in [0.3, 0.4) is 0 Å².